The minimum atomic E-state index is -3.72. The molecule has 0 unspecified atom stereocenters. The maximum Gasteiger partial charge on any atom is 0.260 e. The highest BCUT2D eigenvalue weighted by Gasteiger charge is 2.21. The molecule has 8 nitrogen and oxygen atoms in total. The minimum Gasteiger partial charge on any atom is -0.495 e. The van der Waals surface area contributed by atoms with Crippen molar-refractivity contribution in [2.24, 2.45) is 5.10 Å². The van der Waals surface area contributed by atoms with Gasteiger partial charge in [-0.25, -0.2) is 13.8 Å². The van der Waals surface area contributed by atoms with E-state index in [1.807, 2.05) is 43.3 Å². The van der Waals surface area contributed by atoms with E-state index in [4.69, 9.17) is 16.3 Å². The zero-order chi connectivity index (χ0) is 21.6. The van der Waals surface area contributed by atoms with Gasteiger partial charge in [0.05, 0.1) is 30.3 Å². The third-order valence-corrected chi connectivity index (χ3v) is 5.36. The molecule has 0 heterocycles. The molecule has 0 aromatic heterocycles. The number of methoxy groups -OCH3 is 1. The Bertz CT molecular complexity index is 992. The molecular weight excluding hydrogens is 416 g/mol. The highest BCUT2D eigenvalue weighted by atomic mass is 35.5. The van der Waals surface area contributed by atoms with Crippen LogP contribution in [0.25, 0.3) is 0 Å². The monoisotopic (exact) mass is 438 g/mol. The topological polar surface area (TPSA) is 91.3 Å². The second-order valence-corrected chi connectivity index (χ2v) is 8.68. The molecule has 0 atom stereocenters. The normalized spacial score (nSPS) is 11.3. The van der Waals surface area contributed by atoms with Gasteiger partial charge >= 0.3 is 0 Å². The maximum atomic E-state index is 12.2. The van der Waals surface area contributed by atoms with Gasteiger partial charge in [0.1, 0.15) is 12.3 Å². The molecule has 2 rings (SSSR count). The summed E-state index contributed by atoms with van der Waals surface area (Å²) in [5.41, 5.74) is 4.41. The average Bonchev–Trinajstić information content (AvgIpc) is 2.65. The van der Waals surface area contributed by atoms with Crippen LogP contribution in [0.2, 0.25) is 5.02 Å². The number of benzene rings is 2. The van der Waals surface area contributed by atoms with E-state index < -0.39 is 22.5 Å². The van der Waals surface area contributed by atoms with E-state index in [9.17, 15) is 13.2 Å². The van der Waals surface area contributed by atoms with Crippen molar-refractivity contribution in [1.29, 1.82) is 0 Å². The molecule has 0 saturated heterocycles. The molecule has 10 heteroatoms. The van der Waals surface area contributed by atoms with E-state index in [2.05, 4.69) is 10.5 Å². The first kappa shape index (κ1) is 22.5. The van der Waals surface area contributed by atoms with Crippen LogP contribution in [0.15, 0.2) is 47.6 Å². The third kappa shape index (κ3) is 6.37. The van der Waals surface area contributed by atoms with Crippen molar-refractivity contribution in [3.05, 3.63) is 53.1 Å². The largest absolute Gasteiger partial charge is 0.495 e. The molecule has 0 radical (unpaired) electrons. The van der Waals surface area contributed by atoms with Crippen LogP contribution in [-0.4, -0.2) is 54.5 Å². The zero-order valence-corrected chi connectivity index (χ0v) is 18.2. The van der Waals surface area contributed by atoms with Crippen molar-refractivity contribution in [3.8, 4) is 5.75 Å². The van der Waals surface area contributed by atoms with Crippen LogP contribution < -0.4 is 19.4 Å². The van der Waals surface area contributed by atoms with Gasteiger partial charge < -0.3 is 9.64 Å². The number of hydrazone groups is 1. The number of hydrogen-bond donors (Lipinski definition) is 1. The van der Waals surface area contributed by atoms with Crippen LogP contribution in [0.1, 0.15) is 5.56 Å². The Morgan fingerprint density at radius 1 is 1.17 bits per heavy atom. The van der Waals surface area contributed by atoms with Crippen molar-refractivity contribution in [2.45, 2.75) is 0 Å². The number of carbonyl (C=O) groups is 1. The van der Waals surface area contributed by atoms with E-state index in [1.165, 1.54) is 31.5 Å². The number of nitrogens with zero attached hydrogens (tertiary/aromatic N) is 3. The standard InChI is InChI=1S/C19H23ClN4O4S/c1-23(2)15-7-5-14(6-8-15)12-21-22-19(25)13-24(29(4,26)27)16-9-10-18(28-3)17(20)11-16/h5-12H,13H2,1-4H3,(H,22,25)/b21-12-. The maximum absolute atomic E-state index is 12.2. The second-order valence-electron chi connectivity index (χ2n) is 6.37. The smallest absolute Gasteiger partial charge is 0.260 e. The summed E-state index contributed by atoms with van der Waals surface area (Å²) < 4.78 is 30.3. The van der Waals surface area contributed by atoms with E-state index in [0.29, 0.717) is 5.75 Å². The molecule has 0 aliphatic rings. The summed E-state index contributed by atoms with van der Waals surface area (Å²) in [4.78, 5) is 14.2. The molecular formula is C19H23ClN4O4S. The first-order chi connectivity index (χ1) is 13.6. The van der Waals surface area contributed by atoms with E-state index >= 15 is 0 Å². The summed E-state index contributed by atoms with van der Waals surface area (Å²) in [7, 11) is 1.60. The fraction of sp³-hybridized carbons (Fsp3) is 0.263. The first-order valence-corrected chi connectivity index (χ1v) is 10.7. The van der Waals surface area contributed by atoms with Crippen LogP contribution in [0.4, 0.5) is 11.4 Å². The predicted molar refractivity (Wildman–Crippen MR) is 117 cm³/mol. The summed E-state index contributed by atoms with van der Waals surface area (Å²) in [5, 5.41) is 4.12. The summed E-state index contributed by atoms with van der Waals surface area (Å²) in [6.07, 6.45) is 2.49. The van der Waals surface area contributed by atoms with Gasteiger partial charge in [0.2, 0.25) is 10.0 Å². The van der Waals surface area contributed by atoms with Gasteiger partial charge in [0, 0.05) is 19.8 Å². The number of halogens is 1. The highest BCUT2D eigenvalue weighted by molar-refractivity contribution is 7.92. The Kier molecular flexibility index (Phi) is 7.46. The molecule has 156 valence electrons. The van der Waals surface area contributed by atoms with Crippen LogP contribution in [0, 0.1) is 0 Å². The molecule has 0 aliphatic carbocycles. The molecule has 0 spiro atoms. The Morgan fingerprint density at radius 2 is 1.79 bits per heavy atom. The Hall–Kier alpha value is -2.78. The molecule has 1 N–H and O–H groups in total. The van der Waals surface area contributed by atoms with Crippen LogP contribution in [0.3, 0.4) is 0 Å². The number of nitrogens with one attached hydrogen (secondary N) is 1. The molecule has 1 amide bonds. The van der Waals surface area contributed by atoms with Crippen molar-refractivity contribution in [1.82, 2.24) is 5.43 Å². The number of ether oxygens (including phenoxy) is 1. The SMILES string of the molecule is COc1ccc(N(CC(=O)N/N=C\c2ccc(N(C)C)cc2)S(C)(=O)=O)cc1Cl. The molecule has 2 aromatic carbocycles. The second kappa shape index (κ2) is 9.62. The lowest BCUT2D eigenvalue weighted by atomic mass is 10.2. The molecule has 0 aliphatic heterocycles. The van der Waals surface area contributed by atoms with E-state index in [0.717, 1.165) is 21.8 Å². The van der Waals surface area contributed by atoms with Gasteiger partial charge in [0.25, 0.3) is 5.91 Å². The predicted octanol–water partition coefficient (Wildman–Crippen LogP) is 2.33. The Morgan fingerprint density at radius 3 is 2.31 bits per heavy atom. The van der Waals surface area contributed by atoms with E-state index in [1.54, 1.807) is 0 Å². The number of carbonyl (C=O) groups excluding carboxylic acids is 1. The molecule has 2 aromatic rings. The lowest BCUT2D eigenvalue weighted by Crippen LogP contribution is -2.39. The summed E-state index contributed by atoms with van der Waals surface area (Å²) >= 11 is 6.07. The summed E-state index contributed by atoms with van der Waals surface area (Å²) in [6.45, 7) is -0.446. The van der Waals surface area contributed by atoms with Gasteiger partial charge in [-0.3, -0.25) is 9.10 Å². The average molecular weight is 439 g/mol. The lowest BCUT2D eigenvalue weighted by Gasteiger charge is -2.22. The van der Waals surface area contributed by atoms with Gasteiger partial charge in [-0.2, -0.15) is 5.10 Å². The highest BCUT2D eigenvalue weighted by Crippen LogP contribution is 2.30. The zero-order valence-electron chi connectivity index (χ0n) is 16.6. The summed E-state index contributed by atoms with van der Waals surface area (Å²) in [6, 6.07) is 12.0. The van der Waals surface area contributed by atoms with Crippen molar-refractivity contribution >= 4 is 45.1 Å². The van der Waals surface area contributed by atoms with Gasteiger partial charge in [-0.05, 0) is 35.9 Å². The fourth-order valence-corrected chi connectivity index (χ4v) is 3.51. The number of hydrogen-bond acceptors (Lipinski definition) is 6. The quantitative estimate of drug-likeness (QED) is 0.504. The fourth-order valence-electron chi connectivity index (χ4n) is 2.41. The molecule has 0 saturated carbocycles. The first-order valence-electron chi connectivity index (χ1n) is 8.52. The number of rotatable bonds is 8. The number of anilines is 2. The van der Waals surface area contributed by atoms with Gasteiger partial charge in [-0.1, -0.05) is 23.7 Å². The lowest BCUT2D eigenvalue weighted by molar-refractivity contribution is -0.119. The van der Waals surface area contributed by atoms with Crippen LogP contribution in [0.5, 0.6) is 5.75 Å². The number of sulfonamides is 1. The third-order valence-electron chi connectivity index (χ3n) is 3.92. The molecule has 0 fully saturated rings. The van der Waals surface area contributed by atoms with Crippen molar-refractivity contribution in [3.63, 3.8) is 0 Å². The van der Waals surface area contributed by atoms with Crippen LogP contribution in [-0.2, 0) is 14.8 Å². The van der Waals surface area contributed by atoms with E-state index in [-0.39, 0.29) is 10.7 Å². The minimum absolute atomic E-state index is 0.234. The Labute approximate surface area is 175 Å². The van der Waals surface area contributed by atoms with Gasteiger partial charge in [0.15, 0.2) is 0 Å². The Balaban J connectivity index is 2.08. The molecule has 0 bridgehead atoms. The number of amides is 1. The van der Waals surface area contributed by atoms with Crippen LogP contribution >= 0.6 is 11.6 Å². The molecule has 29 heavy (non-hydrogen) atoms. The summed E-state index contributed by atoms with van der Waals surface area (Å²) in [5.74, 6) is -0.193. The van der Waals surface area contributed by atoms with Gasteiger partial charge in [-0.15, -0.1) is 0 Å². The van der Waals surface area contributed by atoms with Crippen molar-refractivity contribution < 1.29 is 17.9 Å². The van der Waals surface area contributed by atoms with Crippen molar-refractivity contribution in [2.75, 3.05) is 43.2 Å².